The summed E-state index contributed by atoms with van der Waals surface area (Å²) >= 11 is 0. The lowest BCUT2D eigenvalue weighted by Crippen LogP contribution is -2.14. The van der Waals surface area contributed by atoms with E-state index in [0.29, 0.717) is 19.1 Å². The van der Waals surface area contributed by atoms with Gasteiger partial charge in [-0.2, -0.15) is 0 Å². The van der Waals surface area contributed by atoms with Crippen molar-refractivity contribution in [1.29, 1.82) is 0 Å². The highest BCUT2D eigenvalue weighted by atomic mass is 16.6. The minimum absolute atomic E-state index is 0.0937. The smallest absolute Gasteiger partial charge is 0.332 e. The molecule has 0 heterocycles. The van der Waals surface area contributed by atoms with Gasteiger partial charge in [-0.25, -0.2) is 4.79 Å². The molecule has 0 aliphatic heterocycles. The maximum Gasteiger partial charge on any atom is 0.332 e. The van der Waals surface area contributed by atoms with Crippen molar-refractivity contribution in [2.24, 2.45) is 5.92 Å². The van der Waals surface area contributed by atoms with Crippen LogP contribution < -0.4 is 0 Å². The normalized spacial score (nSPS) is 10.6. The van der Waals surface area contributed by atoms with E-state index in [4.69, 9.17) is 9.47 Å². The largest absolute Gasteiger partial charge is 0.464 e. The zero-order valence-electron chi connectivity index (χ0n) is 9.54. The van der Waals surface area contributed by atoms with Crippen LogP contribution in [0.1, 0.15) is 40.0 Å². The van der Waals surface area contributed by atoms with Crippen LogP contribution in [0, 0.1) is 5.92 Å². The number of carbonyl (C=O) groups is 1. The molecule has 84 valence electrons. The van der Waals surface area contributed by atoms with Crippen LogP contribution in [-0.4, -0.2) is 25.8 Å². The van der Waals surface area contributed by atoms with Crippen LogP contribution >= 0.6 is 0 Å². The molecule has 0 aliphatic carbocycles. The quantitative estimate of drug-likeness (QED) is 0.448. The molecular weight excluding hydrogens is 180 g/mol. The van der Waals surface area contributed by atoms with Gasteiger partial charge in [-0.3, -0.25) is 0 Å². The van der Waals surface area contributed by atoms with E-state index in [-0.39, 0.29) is 12.6 Å². The molecule has 0 bridgehead atoms. The summed E-state index contributed by atoms with van der Waals surface area (Å²) in [7, 11) is 0. The molecule has 0 aromatic carbocycles. The molecule has 0 saturated heterocycles. The van der Waals surface area contributed by atoms with Gasteiger partial charge in [0.2, 0.25) is 0 Å². The molecule has 0 aliphatic rings. The van der Waals surface area contributed by atoms with Crippen molar-refractivity contribution in [3.8, 4) is 0 Å². The number of hydrogen-bond donors (Lipinski definition) is 0. The molecule has 0 saturated carbocycles. The Morgan fingerprint density at radius 1 is 1.29 bits per heavy atom. The van der Waals surface area contributed by atoms with Gasteiger partial charge < -0.3 is 9.47 Å². The predicted molar refractivity (Wildman–Crippen MR) is 56.1 cm³/mol. The van der Waals surface area contributed by atoms with Crippen molar-refractivity contribution >= 4 is 5.97 Å². The summed E-state index contributed by atoms with van der Waals surface area (Å²) in [5.74, 6) is 0.369. The van der Waals surface area contributed by atoms with Crippen LogP contribution in [0.25, 0.3) is 0 Å². The lowest BCUT2D eigenvalue weighted by atomic mass is 10.1. The van der Waals surface area contributed by atoms with E-state index >= 15 is 0 Å². The number of ether oxygens (including phenoxy) is 2. The summed E-state index contributed by atoms with van der Waals surface area (Å²) in [6, 6.07) is 0. The summed E-state index contributed by atoms with van der Waals surface area (Å²) in [6.45, 7) is 7.57. The Morgan fingerprint density at radius 3 is 2.57 bits per heavy atom. The first-order valence-electron chi connectivity index (χ1n) is 5.40. The molecule has 0 aromatic heterocycles. The summed E-state index contributed by atoms with van der Waals surface area (Å²) in [5.41, 5.74) is 0. The molecule has 3 nitrogen and oxygen atoms in total. The van der Waals surface area contributed by atoms with E-state index in [9.17, 15) is 4.79 Å². The van der Waals surface area contributed by atoms with Crippen molar-refractivity contribution in [2.45, 2.75) is 40.0 Å². The van der Waals surface area contributed by atoms with Crippen LogP contribution in [0.15, 0.2) is 0 Å². The lowest BCUT2D eigenvalue weighted by molar-refractivity contribution is -0.149. The summed E-state index contributed by atoms with van der Waals surface area (Å²) in [6.07, 6.45) is 2.96. The minimum atomic E-state index is -0.248. The molecule has 0 fully saturated rings. The van der Waals surface area contributed by atoms with Gasteiger partial charge in [0.25, 0.3) is 0 Å². The third-order valence-corrected chi connectivity index (χ3v) is 1.82. The van der Waals surface area contributed by atoms with Gasteiger partial charge in [-0.15, -0.1) is 0 Å². The number of hydrogen-bond acceptors (Lipinski definition) is 3. The topological polar surface area (TPSA) is 35.5 Å². The Bertz CT molecular complexity index is 143. The molecule has 14 heavy (non-hydrogen) atoms. The third kappa shape index (κ3) is 9.52. The molecule has 3 heteroatoms. The number of carbonyl (C=O) groups excluding carboxylic acids is 1. The number of unbranched alkanes of at least 4 members (excludes halogenated alkanes) is 1. The molecule has 0 unspecified atom stereocenters. The Balaban J connectivity index is 3.18. The summed E-state index contributed by atoms with van der Waals surface area (Å²) < 4.78 is 10.1. The maximum atomic E-state index is 11.0. The predicted octanol–water partition coefficient (Wildman–Crippen LogP) is 2.39. The number of rotatable bonds is 8. The fourth-order valence-corrected chi connectivity index (χ4v) is 0.847. The van der Waals surface area contributed by atoms with Crippen LogP contribution in [-0.2, 0) is 14.3 Å². The van der Waals surface area contributed by atoms with E-state index in [1.54, 1.807) is 0 Å². The molecule has 0 spiro atoms. The van der Waals surface area contributed by atoms with Crippen molar-refractivity contribution in [2.75, 3.05) is 19.8 Å². The van der Waals surface area contributed by atoms with Gasteiger partial charge in [0.05, 0.1) is 6.61 Å². The third-order valence-electron chi connectivity index (χ3n) is 1.82. The van der Waals surface area contributed by atoms with Gasteiger partial charge >= 0.3 is 5.97 Å². The zero-order valence-corrected chi connectivity index (χ0v) is 9.54. The van der Waals surface area contributed by atoms with Gasteiger partial charge in [-0.05, 0) is 18.8 Å². The van der Waals surface area contributed by atoms with Crippen LogP contribution in [0.4, 0.5) is 0 Å². The average molecular weight is 202 g/mol. The highest BCUT2D eigenvalue weighted by molar-refractivity contribution is 5.70. The van der Waals surface area contributed by atoms with Gasteiger partial charge in [-0.1, -0.05) is 27.2 Å². The summed E-state index contributed by atoms with van der Waals surface area (Å²) in [5, 5.41) is 0. The Labute approximate surface area is 86.8 Å². The second kappa shape index (κ2) is 9.00. The van der Waals surface area contributed by atoms with E-state index in [1.165, 1.54) is 0 Å². The van der Waals surface area contributed by atoms with Crippen LogP contribution in [0.5, 0.6) is 0 Å². The second-order valence-electron chi connectivity index (χ2n) is 3.81. The van der Waals surface area contributed by atoms with Crippen LogP contribution in [0.2, 0.25) is 0 Å². The maximum absolute atomic E-state index is 11.0. The Morgan fingerprint density at radius 2 is 2.00 bits per heavy atom. The minimum Gasteiger partial charge on any atom is -0.464 e. The lowest BCUT2D eigenvalue weighted by Gasteiger charge is -2.06. The van der Waals surface area contributed by atoms with E-state index in [1.807, 2.05) is 0 Å². The van der Waals surface area contributed by atoms with E-state index in [0.717, 1.165) is 19.3 Å². The SMILES string of the molecule is CCCCOC(=O)COCCC(C)C. The molecule has 0 rings (SSSR count). The Hall–Kier alpha value is -0.570. The first-order valence-corrected chi connectivity index (χ1v) is 5.40. The van der Waals surface area contributed by atoms with Crippen molar-refractivity contribution in [3.05, 3.63) is 0 Å². The monoisotopic (exact) mass is 202 g/mol. The first-order chi connectivity index (χ1) is 6.66. The standard InChI is InChI=1S/C11H22O3/c1-4-5-7-14-11(12)9-13-8-6-10(2)3/h10H,4-9H2,1-3H3. The average Bonchev–Trinajstić information content (AvgIpc) is 2.13. The highest BCUT2D eigenvalue weighted by Gasteiger charge is 2.02. The zero-order chi connectivity index (χ0) is 10.8. The molecule has 0 radical (unpaired) electrons. The molecule has 0 aromatic rings. The first kappa shape index (κ1) is 13.4. The second-order valence-corrected chi connectivity index (χ2v) is 3.81. The van der Waals surface area contributed by atoms with Gasteiger partial charge in [0.1, 0.15) is 6.61 Å². The van der Waals surface area contributed by atoms with Crippen molar-refractivity contribution in [3.63, 3.8) is 0 Å². The molecular formula is C11H22O3. The fourth-order valence-electron chi connectivity index (χ4n) is 0.847. The van der Waals surface area contributed by atoms with Gasteiger partial charge in [0, 0.05) is 6.61 Å². The molecule has 0 N–H and O–H groups in total. The van der Waals surface area contributed by atoms with Crippen molar-refractivity contribution in [1.82, 2.24) is 0 Å². The molecule has 0 atom stereocenters. The van der Waals surface area contributed by atoms with E-state index in [2.05, 4.69) is 20.8 Å². The van der Waals surface area contributed by atoms with E-state index < -0.39 is 0 Å². The Kier molecular flexibility index (Phi) is 8.64. The van der Waals surface area contributed by atoms with Crippen molar-refractivity contribution < 1.29 is 14.3 Å². The molecule has 0 amide bonds. The van der Waals surface area contributed by atoms with Gasteiger partial charge in [0.15, 0.2) is 0 Å². The van der Waals surface area contributed by atoms with Crippen LogP contribution in [0.3, 0.4) is 0 Å². The highest BCUT2D eigenvalue weighted by Crippen LogP contribution is 1.98. The number of esters is 1. The fraction of sp³-hybridized carbons (Fsp3) is 0.909. The summed E-state index contributed by atoms with van der Waals surface area (Å²) in [4.78, 5) is 11.0.